The van der Waals surface area contributed by atoms with Gasteiger partial charge in [0.25, 0.3) is 5.91 Å². The molecule has 2 unspecified atom stereocenters. The third-order valence-corrected chi connectivity index (χ3v) is 3.27. The maximum absolute atomic E-state index is 12.5. The van der Waals surface area contributed by atoms with Crippen LogP contribution in [0.4, 0.5) is 0 Å². The van der Waals surface area contributed by atoms with E-state index in [9.17, 15) is 4.79 Å². The van der Waals surface area contributed by atoms with E-state index in [2.05, 4.69) is 24.3 Å². The van der Waals surface area contributed by atoms with Gasteiger partial charge in [-0.05, 0) is 33.8 Å². The van der Waals surface area contributed by atoms with Gasteiger partial charge in [-0.15, -0.1) is 0 Å². The Labute approximate surface area is 108 Å². The first-order valence-corrected chi connectivity index (χ1v) is 6.61. The van der Waals surface area contributed by atoms with Gasteiger partial charge >= 0.3 is 0 Å². The van der Waals surface area contributed by atoms with Crippen LogP contribution in [0.15, 0.2) is 6.07 Å². The van der Waals surface area contributed by atoms with Gasteiger partial charge in [0.1, 0.15) is 5.69 Å². The molecule has 0 spiro atoms. The number of carbonyl (C=O) groups is 1. The lowest BCUT2D eigenvalue weighted by Crippen LogP contribution is -2.56. The van der Waals surface area contributed by atoms with Crippen molar-refractivity contribution in [3.05, 3.63) is 17.5 Å². The zero-order valence-corrected chi connectivity index (χ0v) is 11.6. The highest BCUT2D eigenvalue weighted by Gasteiger charge is 2.27. The molecule has 2 rings (SSSR count). The number of aryl methyl sites for hydroxylation is 2. The SMILES string of the molecule is CCn1nc(C)cc1C(=O)N1CC(C)NC(C)C1. The lowest BCUT2D eigenvalue weighted by atomic mass is 10.1. The molecule has 18 heavy (non-hydrogen) atoms. The smallest absolute Gasteiger partial charge is 0.272 e. The standard InChI is InChI=1S/C13H22N4O/c1-5-17-12(6-9(2)15-17)13(18)16-7-10(3)14-11(4)8-16/h6,10-11,14H,5,7-8H2,1-4H3. The molecule has 1 aliphatic heterocycles. The quantitative estimate of drug-likeness (QED) is 0.853. The van der Waals surface area contributed by atoms with Gasteiger partial charge in [-0.3, -0.25) is 9.48 Å². The molecule has 1 saturated heterocycles. The molecule has 0 aliphatic carbocycles. The van der Waals surface area contributed by atoms with Gasteiger partial charge in [0.15, 0.2) is 0 Å². The molecule has 1 aromatic rings. The second kappa shape index (κ2) is 5.10. The number of nitrogens with one attached hydrogen (secondary N) is 1. The number of piperazine rings is 1. The van der Waals surface area contributed by atoms with E-state index in [0.29, 0.717) is 17.8 Å². The summed E-state index contributed by atoms with van der Waals surface area (Å²) in [6, 6.07) is 2.57. The van der Waals surface area contributed by atoms with E-state index in [4.69, 9.17) is 0 Å². The Morgan fingerprint density at radius 1 is 1.44 bits per heavy atom. The van der Waals surface area contributed by atoms with Crippen molar-refractivity contribution in [1.82, 2.24) is 20.0 Å². The van der Waals surface area contributed by atoms with Gasteiger partial charge < -0.3 is 10.2 Å². The first-order chi connectivity index (χ1) is 8.51. The maximum atomic E-state index is 12.5. The summed E-state index contributed by atoms with van der Waals surface area (Å²) in [4.78, 5) is 14.4. The Balaban J connectivity index is 2.19. The molecule has 0 bridgehead atoms. The molecule has 0 radical (unpaired) electrons. The molecule has 1 N–H and O–H groups in total. The Morgan fingerprint density at radius 2 is 2.06 bits per heavy atom. The predicted molar refractivity (Wildman–Crippen MR) is 70.6 cm³/mol. The van der Waals surface area contributed by atoms with Crippen LogP contribution in [0.1, 0.15) is 37.0 Å². The van der Waals surface area contributed by atoms with Crippen molar-refractivity contribution in [1.29, 1.82) is 0 Å². The van der Waals surface area contributed by atoms with Crippen LogP contribution in [-0.4, -0.2) is 45.8 Å². The second-order valence-corrected chi connectivity index (χ2v) is 5.17. The number of aromatic nitrogens is 2. The molecule has 1 aliphatic rings. The van der Waals surface area contributed by atoms with E-state index >= 15 is 0 Å². The van der Waals surface area contributed by atoms with Gasteiger partial charge in [0, 0.05) is 31.7 Å². The fourth-order valence-electron chi connectivity index (χ4n) is 2.61. The minimum Gasteiger partial charge on any atom is -0.334 e. The summed E-state index contributed by atoms with van der Waals surface area (Å²) in [5, 5.41) is 7.77. The monoisotopic (exact) mass is 250 g/mol. The molecule has 2 atom stereocenters. The van der Waals surface area contributed by atoms with E-state index in [1.165, 1.54) is 0 Å². The summed E-state index contributed by atoms with van der Waals surface area (Å²) < 4.78 is 1.79. The molecule has 1 fully saturated rings. The van der Waals surface area contributed by atoms with Crippen molar-refractivity contribution in [2.24, 2.45) is 0 Å². The van der Waals surface area contributed by atoms with Crippen LogP contribution in [0.5, 0.6) is 0 Å². The third-order valence-electron chi connectivity index (χ3n) is 3.27. The lowest BCUT2D eigenvalue weighted by molar-refractivity contribution is 0.0661. The summed E-state index contributed by atoms with van der Waals surface area (Å²) in [5.74, 6) is 0.0950. The average Bonchev–Trinajstić information content (AvgIpc) is 2.68. The highest BCUT2D eigenvalue weighted by atomic mass is 16.2. The van der Waals surface area contributed by atoms with Crippen molar-refractivity contribution in [3.63, 3.8) is 0 Å². The van der Waals surface area contributed by atoms with E-state index in [-0.39, 0.29) is 5.91 Å². The van der Waals surface area contributed by atoms with E-state index in [0.717, 1.165) is 25.3 Å². The fraction of sp³-hybridized carbons (Fsp3) is 0.692. The van der Waals surface area contributed by atoms with Gasteiger partial charge in [0.05, 0.1) is 5.69 Å². The highest BCUT2D eigenvalue weighted by Crippen LogP contribution is 2.12. The molecule has 0 aromatic carbocycles. The molecule has 1 amide bonds. The van der Waals surface area contributed by atoms with Gasteiger partial charge in [-0.2, -0.15) is 5.10 Å². The van der Waals surface area contributed by atoms with E-state index in [1.807, 2.05) is 24.8 Å². The number of nitrogens with zero attached hydrogens (tertiary/aromatic N) is 3. The number of hydrogen-bond donors (Lipinski definition) is 1. The molecule has 100 valence electrons. The van der Waals surface area contributed by atoms with Crippen LogP contribution in [0.25, 0.3) is 0 Å². The lowest BCUT2D eigenvalue weighted by Gasteiger charge is -2.36. The van der Waals surface area contributed by atoms with E-state index < -0.39 is 0 Å². The summed E-state index contributed by atoms with van der Waals surface area (Å²) >= 11 is 0. The van der Waals surface area contributed by atoms with E-state index in [1.54, 1.807) is 4.68 Å². The van der Waals surface area contributed by atoms with Crippen LogP contribution in [0.2, 0.25) is 0 Å². The average molecular weight is 250 g/mol. The largest absolute Gasteiger partial charge is 0.334 e. The molecule has 1 aromatic heterocycles. The number of hydrogen-bond acceptors (Lipinski definition) is 3. The zero-order valence-electron chi connectivity index (χ0n) is 11.6. The highest BCUT2D eigenvalue weighted by molar-refractivity contribution is 5.92. The molecule has 2 heterocycles. The third kappa shape index (κ3) is 2.56. The normalized spacial score (nSPS) is 24.3. The molecule has 0 saturated carbocycles. The van der Waals surface area contributed by atoms with Crippen molar-refractivity contribution >= 4 is 5.91 Å². The first-order valence-electron chi connectivity index (χ1n) is 6.61. The minimum absolute atomic E-state index is 0.0950. The zero-order chi connectivity index (χ0) is 13.3. The Bertz CT molecular complexity index is 430. The number of carbonyl (C=O) groups excluding carboxylic acids is 1. The molecule has 5 heteroatoms. The number of rotatable bonds is 2. The molecular formula is C13H22N4O. The summed E-state index contributed by atoms with van der Waals surface area (Å²) in [6.45, 7) is 10.4. The van der Waals surface area contributed by atoms with Crippen LogP contribution in [0.3, 0.4) is 0 Å². The first kappa shape index (κ1) is 13.1. The van der Waals surface area contributed by atoms with Gasteiger partial charge in [0.2, 0.25) is 0 Å². The van der Waals surface area contributed by atoms with Crippen LogP contribution in [-0.2, 0) is 6.54 Å². The number of amides is 1. The fourth-order valence-corrected chi connectivity index (χ4v) is 2.61. The molecular weight excluding hydrogens is 228 g/mol. The Morgan fingerprint density at radius 3 is 2.61 bits per heavy atom. The molecule has 5 nitrogen and oxygen atoms in total. The summed E-state index contributed by atoms with van der Waals surface area (Å²) in [6.07, 6.45) is 0. The summed E-state index contributed by atoms with van der Waals surface area (Å²) in [5.41, 5.74) is 1.60. The minimum atomic E-state index is 0.0950. The van der Waals surface area contributed by atoms with Crippen molar-refractivity contribution in [3.8, 4) is 0 Å². The van der Waals surface area contributed by atoms with Crippen LogP contribution in [0, 0.1) is 6.92 Å². The predicted octanol–water partition coefficient (Wildman–Crippen LogP) is 1.03. The van der Waals surface area contributed by atoms with Crippen molar-refractivity contribution in [2.75, 3.05) is 13.1 Å². The Hall–Kier alpha value is -1.36. The van der Waals surface area contributed by atoms with Crippen molar-refractivity contribution in [2.45, 2.75) is 46.3 Å². The second-order valence-electron chi connectivity index (χ2n) is 5.17. The van der Waals surface area contributed by atoms with Crippen LogP contribution >= 0.6 is 0 Å². The maximum Gasteiger partial charge on any atom is 0.272 e. The summed E-state index contributed by atoms with van der Waals surface area (Å²) in [7, 11) is 0. The Kier molecular flexibility index (Phi) is 3.71. The van der Waals surface area contributed by atoms with Crippen molar-refractivity contribution < 1.29 is 4.79 Å². The van der Waals surface area contributed by atoms with Gasteiger partial charge in [-0.25, -0.2) is 0 Å². The topological polar surface area (TPSA) is 50.2 Å². The van der Waals surface area contributed by atoms with Crippen LogP contribution < -0.4 is 5.32 Å². The van der Waals surface area contributed by atoms with Gasteiger partial charge in [-0.1, -0.05) is 0 Å².